The summed E-state index contributed by atoms with van der Waals surface area (Å²) in [5.41, 5.74) is 1.30. The lowest BCUT2D eigenvalue weighted by atomic mass is 9.89. The van der Waals surface area contributed by atoms with Gasteiger partial charge in [-0.1, -0.05) is 25.6 Å². The van der Waals surface area contributed by atoms with Crippen molar-refractivity contribution in [2.24, 2.45) is 5.92 Å². The summed E-state index contributed by atoms with van der Waals surface area (Å²) < 4.78 is 13.3. The van der Waals surface area contributed by atoms with Crippen molar-refractivity contribution in [1.82, 2.24) is 19.7 Å². The topological polar surface area (TPSA) is 83.0 Å². The van der Waals surface area contributed by atoms with E-state index in [0.717, 1.165) is 48.9 Å². The van der Waals surface area contributed by atoms with E-state index in [1.807, 2.05) is 11.5 Å². The minimum atomic E-state index is 0.0739. The van der Waals surface area contributed by atoms with Crippen LogP contribution in [0.4, 0.5) is 0 Å². The molecule has 3 aromatic heterocycles. The van der Waals surface area contributed by atoms with Gasteiger partial charge < -0.3 is 9.15 Å². The van der Waals surface area contributed by atoms with E-state index in [4.69, 9.17) is 14.1 Å². The normalized spacial score (nSPS) is 21.4. The standard InChI is InChI=1S/C21H26N4O3S2/c1-3-16-23-24-17(28-16)11-29-21-22-19-18(14-7-6-12(2)9-15(14)30-19)20(26)25(21)10-13-5-4-8-27-13/h12-13H,3-11H2,1-2H3. The van der Waals surface area contributed by atoms with E-state index in [0.29, 0.717) is 41.6 Å². The molecule has 4 heterocycles. The third-order valence-electron chi connectivity index (χ3n) is 5.93. The van der Waals surface area contributed by atoms with Crippen LogP contribution >= 0.6 is 23.1 Å². The number of nitrogens with zero attached hydrogens (tertiary/aromatic N) is 4. The summed E-state index contributed by atoms with van der Waals surface area (Å²) in [6.45, 7) is 5.59. The number of aryl methyl sites for hydroxylation is 2. The predicted molar refractivity (Wildman–Crippen MR) is 117 cm³/mol. The highest BCUT2D eigenvalue weighted by atomic mass is 32.2. The molecule has 0 radical (unpaired) electrons. The zero-order valence-electron chi connectivity index (χ0n) is 17.3. The molecule has 1 saturated heterocycles. The summed E-state index contributed by atoms with van der Waals surface area (Å²) in [5, 5.41) is 9.68. The Bertz CT molecular complexity index is 1110. The van der Waals surface area contributed by atoms with Crippen LogP contribution in [0.5, 0.6) is 0 Å². The van der Waals surface area contributed by atoms with Gasteiger partial charge in [0, 0.05) is 17.9 Å². The molecule has 3 aromatic rings. The lowest BCUT2D eigenvalue weighted by Crippen LogP contribution is -2.29. The fourth-order valence-corrected chi connectivity index (χ4v) is 6.55. The zero-order valence-corrected chi connectivity index (χ0v) is 19.0. The lowest BCUT2D eigenvalue weighted by molar-refractivity contribution is 0.0937. The Labute approximate surface area is 183 Å². The largest absolute Gasteiger partial charge is 0.424 e. The van der Waals surface area contributed by atoms with Crippen LogP contribution in [0, 0.1) is 5.92 Å². The van der Waals surface area contributed by atoms with Gasteiger partial charge in [-0.05, 0) is 43.6 Å². The molecule has 2 aliphatic rings. The van der Waals surface area contributed by atoms with Crippen molar-refractivity contribution in [3.8, 4) is 0 Å². The minimum Gasteiger partial charge on any atom is -0.424 e. The van der Waals surface area contributed by atoms with Gasteiger partial charge >= 0.3 is 0 Å². The highest BCUT2D eigenvalue weighted by Crippen LogP contribution is 2.37. The first kappa shape index (κ1) is 20.2. The number of rotatable bonds is 6. The first-order valence-corrected chi connectivity index (χ1v) is 12.5. The van der Waals surface area contributed by atoms with Gasteiger partial charge in [0.05, 0.1) is 23.8 Å². The van der Waals surface area contributed by atoms with Crippen LogP contribution in [-0.2, 0) is 36.3 Å². The first-order chi connectivity index (χ1) is 14.6. The second kappa shape index (κ2) is 8.43. The maximum absolute atomic E-state index is 13.6. The van der Waals surface area contributed by atoms with Gasteiger partial charge in [0.2, 0.25) is 11.8 Å². The molecule has 0 saturated carbocycles. The maximum Gasteiger partial charge on any atom is 0.263 e. The van der Waals surface area contributed by atoms with Crippen LogP contribution in [-0.4, -0.2) is 32.5 Å². The van der Waals surface area contributed by atoms with Crippen LogP contribution in [0.2, 0.25) is 0 Å². The van der Waals surface area contributed by atoms with Gasteiger partial charge in [-0.2, -0.15) is 0 Å². The zero-order chi connectivity index (χ0) is 20.7. The summed E-state index contributed by atoms with van der Waals surface area (Å²) in [7, 11) is 0. The van der Waals surface area contributed by atoms with E-state index in [1.54, 1.807) is 11.3 Å². The second-order valence-electron chi connectivity index (χ2n) is 8.21. The minimum absolute atomic E-state index is 0.0739. The van der Waals surface area contributed by atoms with Crippen molar-refractivity contribution in [1.29, 1.82) is 0 Å². The van der Waals surface area contributed by atoms with E-state index in [2.05, 4.69) is 17.1 Å². The number of hydrogen-bond donors (Lipinski definition) is 0. The van der Waals surface area contributed by atoms with Gasteiger partial charge in [-0.25, -0.2) is 4.98 Å². The highest BCUT2D eigenvalue weighted by molar-refractivity contribution is 7.98. The smallest absolute Gasteiger partial charge is 0.263 e. The number of fused-ring (bicyclic) bond motifs is 3. The summed E-state index contributed by atoms with van der Waals surface area (Å²) in [4.78, 5) is 20.8. The van der Waals surface area contributed by atoms with Crippen molar-refractivity contribution < 1.29 is 9.15 Å². The van der Waals surface area contributed by atoms with Crippen LogP contribution in [0.15, 0.2) is 14.4 Å². The summed E-state index contributed by atoms with van der Waals surface area (Å²) in [6.07, 6.45) is 5.98. The average Bonchev–Trinajstić information content (AvgIpc) is 3.47. The molecule has 5 rings (SSSR count). The van der Waals surface area contributed by atoms with Crippen molar-refractivity contribution in [2.75, 3.05) is 6.61 Å². The molecule has 160 valence electrons. The van der Waals surface area contributed by atoms with E-state index in [-0.39, 0.29) is 11.7 Å². The molecule has 0 spiro atoms. The van der Waals surface area contributed by atoms with Gasteiger partial charge in [-0.15, -0.1) is 21.5 Å². The molecule has 1 aliphatic heterocycles. The van der Waals surface area contributed by atoms with E-state index < -0.39 is 0 Å². The molecule has 30 heavy (non-hydrogen) atoms. The number of aromatic nitrogens is 4. The molecule has 2 unspecified atom stereocenters. The predicted octanol–water partition coefficient (Wildman–Crippen LogP) is 4.00. The van der Waals surface area contributed by atoms with E-state index in [9.17, 15) is 4.79 Å². The highest BCUT2D eigenvalue weighted by Gasteiger charge is 2.26. The summed E-state index contributed by atoms with van der Waals surface area (Å²) in [5.74, 6) is 2.36. The fraction of sp³-hybridized carbons (Fsp3) is 0.619. The third-order valence-corrected chi connectivity index (χ3v) is 8.04. The SMILES string of the molecule is CCc1nnc(CSc2nc3sc4c(c3c(=O)n2CC2CCCO2)CCC(C)C4)o1. The van der Waals surface area contributed by atoms with Gasteiger partial charge in [0.25, 0.3) is 5.56 Å². The Hall–Kier alpha value is -1.71. The molecule has 0 amide bonds. The summed E-state index contributed by atoms with van der Waals surface area (Å²) in [6, 6.07) is 0. The Kier molecular flexibility index (Phi) is 5.68. The van der Waals surface area contributed by atoms with Gasteiger partial charge in [0.15, 0.2) is 5.16 Å². The summed E-state index contributed by atoms with van der Waals surface area (Å²) >= 11 is 3.18. The molecule has 7 nitrogen and oxygen atoms in total. The quantitative estimate of drug-likeness (QED) is 0.418. The number of thiophene rings is 1. The number of hydrogen-bond acceptors (Lipinski definition) is 8. The monoisotopic (exact) mass is 446 g/mol. The number of ether oxygens (including phenoxy) is 1. The molecular weight excluding hydrogens is 420 g/mol. The molecule has 2 atom stereocenters. The van der Waals surface area contributed by atoms with Crippen molar-refractivity contribution >= 4 is 33.3 Å². The average molecular weight is 447 g/mol. The molecule has 0 N–H and O–H groups in total. The van der Waals surface area contributed by atoms with Crippen LogP contribution < -0.4 is 5.56 Å². The molecule has 0 aromatic carbocycles. The fourth-order valence-electron chi connectivity index (χ4n) is 4.28. The van der Waals surface area contributed by atoms with E-state index >= 15 is 0 Å². The van der Waals surface area contributed by atoms with Crippen molar-refractivity contribution in [3.63, 3.8) is 0 Å². The molecule has 0 bridgehead atoms. The Morgan fingerprint density at radius 1 is 1.27 bits per heavy atom. The lowest BCUT2D eigenvalue weighted by Gasteiger charge is -2.18. The van der Waals surface area contributed by atoms with Crippen molar-refractivity contribution in [3.05, 3.63) is 32.6 Å². The first-order valence-electron chi connectivity index (χ1n) is 10.7. The van der Waals surface area contributed by atoms with Crippen LogP contribution in [0.25, 0.3) is 10.2 Å². The maximum atomic E-state index is 13.6. The molecule has 1 aliphatic carbocycles. The van der Waals surface area contributed by atoms with Crippen molar-refractivity contribution in [2.45, 2.75) is 75.9 Å². The molecular formula is C21H26N4O3S2. The Balaban J connectivity index is 1.53. The van der Waals surface area contributed by atoms with Crippen LogP contribution in [0.1, 0.15) is 55.3 Å². The Morgan fingerprint density at radius 2 is 2.13 bits per heavy atom. The van der Waals surface area contributed by atoms with Gasteiger partial charge in [0.1, 0.15) is 4.83 Å². The van der Waals surface area contributed by atoms with Crippen LogP contribution in [0.3, 0.4) is 0 Å². The molecule has 9 heteroatoms. The number of thioether (sulfide) groups is 1. The third kappa shape index (κ3) is 3.83. The van der Waals surface area contributed by atoms with E-state index in [1.165, 1.54) is 22.2 Å². The van der Waals surface area contributed by atoms with Gasteiger partial charge in [-0.3, -0.25) is 9.36 Å². The Morgan fingerprint density at radius 3 is 2.90 bits per heavy atom. The molecule has 1 fully saturated rings. The second-order valence-corrected chi connectivity index (χ2v) is 10.2.